The van der Waals surface area contributed by atoms with Gasteiger partial charge in [-0.25, -0.2) is 13.9 Å². The number of amides is 1. The van der Waals surface area contributed by atoms with Gasteiger partial charge in [0.1, 0.15) is 11.4 Å². The zero-order valence-corrected chi connectivity index (χ0v) is 15.8. The highest BCUT2D eigenvalue weighted by Gasteiger charge is 2.21. The molecule has 0 radical (unpaired) electrons. The largest absolute Gasteiger partial charge is 0.452 e. The number of anilines is 1. The van der Waals surface area contributed by atoms with Gasteiger partial charge in [0.2, 0.25) is 0 Å². The van der Waals surface area contributed by atoms with Crippen molar-refractivity contribution in [2.24, 2.45) is 0 Å². The lowest BCUT2D eigenvalue weighted by atomic mass is 10.2. The minimum Gasteiger partial charge on any atom is -0.452 e. The first-order valence-corrected chi connectivity index (χ1v) is 8.71. The van der Waals surface area contributed by atoms with Gasteiger partial charge in [-0.05, 0) is 50.6 Å². The minimum atomic E-state index is -0.637. The molecule has 0 atom stereocenters. The van der Waals surface area contributed by atoms with Gasteiger partial charge < -0.3 is 10.1 Å². The molecule has 1 heterocycles. The summed E-state index contributed by atoms with van der Waals surface area (Å²) in [6, 6.07) is 13.8. The number of nitrogens with zero attached hydrogens (tertiary/aromatic N) is 2. The predicted octanol–water partition coefficient (Wildman–Crippen LogP) is 3.73. The average Bonchev–Trinajstić information content (AvgIpc) is 2.98. The summed E-state index contributed by atoms with van der Waals surface area (Å²) >= 11 is 0. The summed E-state index contributed by atoms with van der Waals surface area (Å²) in [6.45, 7) is 4.61. The van der Waals surface area contributed by atoms with Crippen LogP contribution in [0.15, 0.2) is 48.5 Å². The maximum Gasteiger partial charge on any atom is 0.342 e. The SMILES string of the molecule is Cc1ccc(NC(=O)COC(=O)c2c(C)nn(-c3ccccc3)c2C)cc1F. The number of para-hydroxylation sites is 1. The Bertz CT molecular complexity index is 1030. The molecule has 0 spiro atoms. The zero-order valence-electron chi connectivity index (χ0n) is 15.8. The number of carbonyl (C=O) groups excluding carboxylic acids is 2. The Morgan fingerprint density at radius 1 is 1.11 bits per heavy atom. The van der Waals surface area contributed by atoms with Gasteiger partial charge in [-0.2, -0.15) is 5.10 Å². The maximum absolute atomic E-state index is 13.6. The van der Waals surface area contributed by atoms with Crippen molar-refractivity contribution < 1.29 is 18.7 Å². The molecule has 28 heavy (non-hydrogen) atoms. The number of aryl methyl sites for hydroxylation is 2. The second-order valence-electron chi connectivity index (χ2n) is 6.38. The lowest BCUT2D eigenvalue weighted by Crippen LogP contribution is -2.21. The van der Waals surface area contributed by atoms with E-state index in [1.807, 2.05) is 30.3 Å². The highest BCUT2D eigenvalue weighted by Crippen LogP contribution is 2.19. The molecule has 2 aromatic carbocycles. The van der Waals surface area contributed by atoms with Crippen LogP contribution in [0.4, 0.5) is 10.1 Å². The molecule has 3 rings (SSSR count). The number of esters is 1. The van der Waals surface area contributed by atoms with E-state index in [2.05, 4.69) is 10.4 Å². The van der Waals surface area contributed by atoms with E-state index in [4.69, 9.17) is 4.74 Å². The fourth-order valence-electron chi connectivity index (χ4n) is 2.83. The van der Waals surface area contributed by atoms with Gasteiger partial charge in [-0.15, -0.1) is 0 Å². The smallest absolute Gasteiger partial charge is 0.342 e. The second-order valence-corrected chi connectivity index (χ2v) is 6.38. The molecule has 0 saturated carbocycles. The van der Waals surface area contributed by atoms with Crippen molar-refractivity contribution in [3.63, 3.8) is 0 Å². The summed E-state index contributed by atoms with van der Waals surface area (Å²) in [6.07, 6.45) is 0. The second kappa shape index (κ2) is 8.04. The summed E-state index contributed by atoms with van der Waals surface area (Å²) in [4.78, 5) is 24.5. The number of ether oxygens (including phenoxy) is 1. The van der Waals surface area contributed by atoms with Crippen molar-refractivity contribution in [1.29, 1.82) is 0 Å². The third-order valence-electron chi connectivity index (χ3n) is 4.29. The van der Waals surface area contributed by atoms with Crippen LogP contribution in [0.5, 0.6) is 0 Å². The molecule has 0 aliphatic rings. The summed E-state index contributed by atoms with van der Waals surface area (Å²) < 4.78 is 20.3. The Labute approximate surface area is 161 Å². The third-order valence-corrected chi connectivity index (χ3v) is 4.29. The number of rotatable bonds is 5. The van der Waals surface area contributed by atoms with E-state index in [-0.39, 0.29) is 0 Å². The topological polar surface area (TPSA) is 73.2 Å². The van der Waals surface area contributed by atoms with Crippen LogP contribution in [0.25, 0.3) is 5.69 Å². The van der Waals surface area contributed by atoms with Crippen LogP contribution in [0.1, 0.15) is 27.3 Å². The molecule has 0 aliphatic carbocycles. The van der Waals surface area contributed by atoms with Crippen LogP contribution in [0, 0.1) is 26.6 Å². The van der Waals surface area contributed by atoms with E-state index in [1.165, 1.54) is 6.07 Å². The van der Waals surface area contributed by atoms with Crippen LogP contribution in [0.2, 0.25) is 0 Å². The fourth-order valence-corrected chi connectivity index (χ4v) is 2.83. The van der Waals surface area contributed by atoms with Gasteiger partial charge >= 0.3 is 5.97 Å². The van der Waals surface area contributed by atoms with Gasteiger partial charge in [-0.3, -0.25) is 4.79 Å². The molecule has 1 N–H and O–H groups in total. The van der Waals surface area contributed by atoms with E-state index in [0.29, 0.717) is 28.2 Å². The molecule has 1 amide bonds. The average molecular weight is 381 g/mol. The van der Waals surface area contributed by atoms with Crippen molar-refractivity contribution in [3.8, 4) is 5.69 Å². The number of benzene rings is 2. The summed E-state index contributed by atoms with van der Waals surface area (Å²) in [5.41, 5.74) is 3.04. The number of halogens is 1. The first kappa shape index (κ1) is 19.3. The molecule has 0 bridgehead atoms. The Hall–Kier alpha value is -3.48. The molecule has 0 fully saturated rings. The Kier molecular flexibility index (Phi) is 5.54. The van der Waals surface area contributed by atoms with Gasteiger partial charge in [0.15, 0.2) is 6.61 Å². The number of aromatic nitrogens is 2. The van der Waals surface area contributed by atoms with Gasteiger partial charge in [-0.1, -0.05) is 24.3 Å². The van der Waals surface area contributed by atoms with Crippen molar-refractivity contribution in [2.45, 2.75) is 20.8 Å². The van der Waals surface area contributed by atoms with Crippen LogP contribution >= 0.6 is 0 Å². The number of nitrogens with one attached hydrogen (secondary N) is 1. The third kappa shape index (κ3) is 4.09. The van der Waals surface area contributed by atoms with E-state index in [1.54, 1.807) is 37.6 Å². The van der Waals surface area contributed by atoms with Crippen LogP contribution in [-0.4, -0.2) is 28.3 Å². The Balaban J connectivity index is 1.67. The number of hydrogen-bond acceptors (Lipinski definition) is 4. The van der Waals surface area contributed by atoms with Crippen molar-refractivity contribution in [3.05, 3.63) is 76.9 Å². The van der Waals surface area contributed by atoms with Crippen molar-refractivity contribution in [1.82, 2.24) is 9.78 Å². The quantitative estimate of drug-likeness (QED) is 0.684. The monoisotopic (exact) mass is 381 g/mol. The highest BCUT2D eigenvalue weighted by atomic mass is 19.1. The van der Waals surface area contributed by atoms with Crippen molar-refractivity contribution in [2.75, 3.05) is 11.9 Å². The van der Waals surface area contributed by atoms with E-state index in [9.17, 15) is 14.0 Å². The van der Waals surface area contributed by atoms with Gasteiger partial charge in [0.25, 0.3) is 5.91 Å². The van der Waals surface area contributed by atoms with E-state index < -0.39 is 24.3 Å². The standard InChI is InChI=1S/C21H20FN3O3/c1-13-9-10-16(11-18(13)22)23-19(26)12-28-21(27)20-14(2)24-25(15(20)3)17-7-5-4-6-8-17/h4-11H,12H2,1-3H3,(H,23,26). The first-order valence-electron chi connectivity index (χ1n) is 8.71. The molecule has 0 unspecified atom stereocenters. The molecule has 144 valence electrons. The predicted molar refractivity (Wildman–Crippen MR) is 103 cm³/mol. The number of hydrogen-bond donors (Lipinski definition) is 1. The molecule has 0 saturated heterocycles. The van der Waals surface area contributed by atoms with Crippen molar-refractivity contribution >= 4 is 17.6 Å². The fraction of sp³-hybridized carbons (Fsp3) is 0.190. The molecule has 7 heteroatoms. The lowest BCUT2D eigenvalue weighted by Gasteiger charge is -2.08. The summed E-state index contributed by atoms with van der Waals surface area (Å²) in [7, 11) is 0. The summed E-state index contributed by atoms with van der Waals surface area (Å²) in [5, 5.41) is 6.89. The molecular formula is C21H20FN3O3. The summed E-state index contributed by atoms with van der Waals surface area (Å²) in [5.74, 6) is -1.61. The van der Waals surface area contributed by atoms with Gasteiger partial charge in [0, 0.05) is 5.69 Å². The minimum absolute atomic E-state index is 0.299. The molecule has 3 aromatic rings. The zero-order chi connectivity index (χ0) is 20.3. The Morgan fingerprint density at radius 3 is 2.50 bits per heavy atom. The molecular weight excluding hydrogens is 361 g/mol. The molecule has 1 aromatic heterocycles. The Morgan fingerprint density at radius 2 is 1.82 bits per heavy atom. The van der Waals surface area contributed by atoms with Crippen LogP contribution in [0.3, 0.4) is 0 Å². The normalized spacial score (nSPS) is 10.6. The van der Waals surface area contributed by atoms with Gasteiger partial charge in [0.05, 0.1) is 17.1 Å². The lowest BCUT2D eigenvalue weighted by molar-refractivity contribution is -0.119. The van der Waals surface area contributed by atoms with Crippen LogP contribution in [-0.2, 0) is 9.53 Å². The molecule has 6 nitrogen and oxygen atoms in total. The maximum atomic E-state index is 13.6. The first-order chi connectivity index (χ1) is 13.4. The van der Waals surface area contributed by atoms with E-state index >= 15 is 0 Å². The van der Waals surface area contributed by atoms with E-state index in [0.717, 1.165) is 5.69 Å². The highest BCUT2D eigenvalue weighted by molar-refractivity contribution is 5.96. The molecule has 0 aliphatic heterocycles. The van der Waals surface area contributed by atoms with Crippen LogP contribution < -0.4 is 5.32 Å². The number of carbonyl (C=O) groups is 2.